The third-order valence-electron chi connectivity index (χ3n) is 3.47. The number of fused-ring (bicyclic) bond motifs is 2. The van der Waals surface area contributed by atoms with Crippen LogP contribution < -0.4 is 15.8 Å². The van der Waals surface area contributed by atoms with Crippen molar-refractivity contribution < 1.29 is 9.84 Å². The summed E-state index contributed by atoms with van der Waals surface area (Å²) in [5.74, 6) is 1.22. The number of aromatic hydroxyl groups is 1. The lowest BCUT2D eigenvalue weighted by Gasteiger charge is -2.25. The van der Waals surface area contributed by atoms with Crippen molar-refractivity contribution >= 4 is 11.3 Å². The number of hydrogen-bond donors (Lipinski definition) is 2. The van der Waals surface area contributed by atoms with Crippen LogP contribution in [-0.2, 0) is 4.74 Å². The predicted molar refractivity (Wildman–Crippen MR) is 75.9 cm³/mol. The van der Waals surface area contributed by atoms with Crippen molar-refractivity contribution in [2.24, 2.45) is 0 Å². The number of rotatable bonds is 3. The summed E-state index contributed by atoms with van der Waals surface area (Å²) in [5.41, 5.74) is 1.16. The van der Waals surface area contributed by atoms with Crippen LogP contribution >= 0.6 is 0 Å². The predicted octanol–water partition coefficient (Wildman–Crippen LogP) is 0.785. The van der Waals surface area contributed by atoms with Gasteiger partial charge < -0.3 is 15.2 Å². The number of phenols is 1. The minimum Gasteiger partial charge on any atom is -0.508 e. The second-order valence-corrected chi connectivity index (χ2v) is 4.74. The van der Waals surface area contributed by atoms with Crippen molar-refractivity contribution in [1.29, 1.82) is 0 Å². The van der Waals surface area contributed by atoms with E-state index in [0.717, 1.165) is 34.7 Å². The summed E-state index contributed by atoms with van der Waals surface area (Å²) in [6.07, 6.45) is 8.97. The summed E-state index contributed by atoms with van der Waals surface area (Å²) in [4.78, 5) is 0. The third kappa shape index (κ3) is 2.17. The highest BCUT2D eigenvalue weighted by atomic mass is 16.5. The molecular weight excluding hydrogens is 238 g/mol. The van der Waals surface area contributed by atoms with Gasteiger partial charge in [-0.15, -0.1) is 0 Å². The maximum Gasteiger partial charge on any atom is 0.142 e. The van der Waals surface area contributed by atoms with Crippen LogP contribution in [-0.4, -0.2) is 24.8 Å². The van der Waals surface area contributed by atoms with Gasteiger partial charge >= 0.3 is 0 Å². The molecule has 1 aliphatic carbocycles. The fourth-order valence-electron chi connectivity index (χ4n) is 2.53. The quantitative estimate of drug-likeness (QED) is 0.839. The van der Waals surface area contributed by atoms with Crippen molar-refractivity contribution in [2.45, 2.75) is 12.5 Å². The van der Waals surface area contributed by atoms with E-state index in [9.17, 15) is 5.11 Å². The van der Waals surface area contributed by atoms with Gasteiger partial charge in [0, 0.05) is 23.8 Å². The van der Waals surface area contributed by atoms with E-state index >= 15 is 0 Å². The Balaban J connectivity index is 2.24. The van der Waals surface area contributed by atoms with Gasteiger partial charge in [-0.3, -0.25) is 0 Å². The Bertz CT molecular complexity index is 670. The second kappa shape index (κ2) is 4.94. The molecule has 0 spiro atoms. The first-order valence-electron chi connectivity index (χ1n) is 6.52. The zero-order valence-electron chi connectivity index (χ0n) is 10.9. The molecule has 1 aromatic carbocycles. The van der Waals surface area contributed by atoms with Gasteiger partial charge in [0.1, 0.15) is 17.6 Å². The van der Waals surface area contributed by atoms with Crippen molar-refractivity contribution in [3.8, 4) is 5.75 Å². The van der Waals surface area contributed by atoms with E-state index in [1.807, 2.05) is 25.3 Å². The van der Waals surface area contributed by atoms with Crippen LogP contribution in [0, 0.1) is 0 Å². The largest absolute Gasteiger partial charge is 0.508 e. The lowest BCUT2D eigenvalue weighted by molar-refractivity contribution is 0.242. The molecule has 0 saturated carbocycles. The summed E-state index contributed by atoms with van der Waals surface area (Å²) in [6.45, 7) is 0.853. The van der Waals surface area contributed by atoms with Gasteiger partial charge in [-0.25, -0.2) is 0 Å². The smallest absolute Gasteiger partial charge is 0.142 e. The summed E-state index contributed by atoms with van der Waals surface area (Å²) >= 11 is 0. The molecule has 0 aromatic heterocycles. The Labute approximate surface area is 112 Å². The van der Waals surface area contributed by atoms with Crippen LogP contribution in [0.1, 0.15) is 6.42 Å². The number of hydrogen-bond acceptors (Lipinski definition) is 3. The van der Waals surface area contributed by atoms with Crippen molar-refractivity contribution in [1.82, 2.24) is 5.32 Å². The third-order valence-corrected chi connectivity index (χ3v) is 3.47. The average Bonchev–Trinajstić information content (AvgIpc) is 2.44. The van der Waals surface area contributed by atoms with Gasteiger partial charge in [0.2, 0.25) is 0 Å². The summed E-state index contributed by atoms with van der Waals surface area (Å²) in [5, 5.41) is 15.0. The summed E-state index contributed by atoms with van der Waals surface area (Å²) in [6, 6.07) is 5.49. The maximum absolute atomic E-state index is 9.70. The number of phenolic OH excluding ortho intramolecular Hbond substituents is 1. The molecule has 1 unspecified atom stereocenters. The van der Waals surface area contributed by atoms with Gasteiger partial charge in [-0.2, -0.15) is 0 Å². The molecule has 2 N–H and O–H groups in total. The molecule has 0 amide bonds. The molecule has 0 saturated heterocycles. The number of nitrogens with one attached hydrogen (secondary N) is 1. The molecule has 1 aromatic rings. The Kier molecular flexibility index (Phi) is 3.13. The van der Waals surface area contributed by atoms with Gasteiger partial charge in [0.05, 0.1) is 0 Å². The van der Waals surface area contributed by atoms with E-state index in [1.165, 1.54) is 0 Å². The molecule has 2 aliphatic rings. The molecule has 98 valence electrons. The van der Waals surface area contributed by atoms with Crippen LogP contribution in [0.5, 0.6) is 5.75 Å². The minimum absolute atomic E-state index is 0.00565. The van der Waals surface area contributed by atoms with Gasteiger partial charge in [-0.05, 0) is 30.5 Å². The molecular formula is C16H17NO2. The molecule has 1 atom stereocenters. The Morgan fingerprint density at radius 3 is 3.00 bits per heavy atom. The van der Waals surface area contributed by atoms with E-state index < -0.39 is 0 Å². The van der Waals surface area contributed by atoms with Gasteiger partial charge in [0.15, 0.2) is 0 Å². The van der Waals surface area contributed by atoms with Crippen LogP contribution in [0.15, 0.2) is 42.5 Å². The molecule has 1 aliphatic heterocycles. The normalized spacial score (nSPS) is 19.9. The lowest BCUT2D eigenvalue weighted by atomic mass is 9.97. The van der Waals surface area contributed by atoms with Crippen molar-refractivity contribution in [3.05, 3.63) is 52.9 Å². The first kappa shape index (κ1) is 12.1. The first-order chi connectivity index (χ1) is 9.29. The lowest BCUT2D eigenvalue weighted by Crippen LogP contribution is -2.38. The maximum atomic E-state index is 9.70. The van der Waals surface area contributed by atoms with Crippen molar-refractivity contribution in [3.63, 3.8) is 0 Å². The number of allylic oxidation sites excluding steroid dienone is 2. The minimum atomic E-state index is -0.00565. The molecule has 3 rings (SSSR count). The van der Waals surface area contributed by atoms with E-state index in [0.29, 0.717) is 0 Å². The van der Waals surface area contributed by atoms with Gasteiger partial charge in [0.25, 0.3) is 0 Å². The topological polar surface area (TPSA) is 41.5 Å². The van der Waals surface area contributed by atoms with Crippen LogP contribution in [0.3, 0.4) is 0 Å². The molecule has 19 heavy (non-hydrogen) atoms. The highest BCUT2D eigenvalue weighted by Crippen LogP contribution is 2.22. The second-order valence-electron chi connectivity index (χ2n) is 4.74. The molecule has 3 heteroatoms. The monoisotopic (exact) mass is 255 g/mol. The van der Waals surface area contributed by atoms with E-state index in [4.69, 9.17) is 4.74 Å². The summed E-state index contributed by atoms with van der Waals surface area (Å²) in [7, 11) is 1.92. The Hall–Kier alpha value is -2.00. The van der Waals surface area contributed by atoms with Crippen molar-refractivity contribution in [2.75, 3.05) is 13.6 Å². The molecule has 1 heterocycles. The van der Waals surface area contributed by atoms with Crippen LogP contribution in [0.2, 0.25) is 0 Å². The zero-order valence-corrected chi connectivity index (χ0v) is 10.9. The van der Waals surface area contributed by atoms with E-state index in [2.05, 4.69) is 17.5 Å². The highest BCUT2D eigenvalue weighted by molar-refractivity contribution is 5.69. The van der Waals surface area contributed by atoms with Gasteiger partial charge in [-0.1, -0.05) is 24.3 Å². The summed E-state index contributed by atoms with van der Waals surface area (Å²) < 4.78 is 6.06. The SMILES string of the molecule is CNCCC1=c2cc(O)ccc2=C2C=CC=CC2O1. The molecule has 3 nitrogen and oxygen atoms in total. The molecule has 0 fully saturated rings. The van der Waals surface area contributed by atoms with Crippen LogP contribution in [0.25, 0.3) is 11.3 Å². The average molecular weight is 255 g/mol. The number of ether oxygens (including phenoxy) is 1. The molecule has 0 bridgehead atoms. The highest BCUT2D eigenvalue weighted by Gasteiger charge is 2.20. The number of benzene rings is 1. The zero-order chi connectivity index (χ0) is 13.2. The van der Waals surface area contributed by atoms with E-state index in [1.54, 1.807) is 12.1 Å². The first-order valence-corrected chi connectivity index (χ1v) is 6.52. The fourth-order valence-corrected chi connectivity index (χ4v) is 2.53. The van der Waals surface area contributed by atoms with E-state index in [-0.39, 0.29) is 11.9 Å². The molecule has 0 radical (unpaired) electrons. The standard InChI is InChI=1S/C16H17NO2/c1-17-9-8-16-14-10-11(18)6-7-12(14)13-4-2-3-5-15(13)19-16/h2-7,10,15,17-18H,8-9H2,1H3. The van der Waals surface area contributed by atoms with Crippen LogP contribution in [0.4, 0.5) is 0 Å². The Morgan fingerprint density at radius 1 is 1.26 bits per heavy atom. The fraction of sp³-hybridized carbons (Fsp3) is 0.250. The Morgan fingerprint density at radius 2 is 2.16 bits per heavy atom.